The predicted octanol–water partition coefficient (Wildman–Crippen LogP) is 5.07. The summed E-state index contributed by atoms with van der Waals surface area (Å²) in [6.07, 6.45) is 3.03. The molecule has 27 heavy (non-hydrogen) atoms. The topological polar surface area (TPSA) is 32.6 Å². The Morgan fingerprint density at radius 2 is 1.93 bits per heavy atom. The minimum Gasteiger partial charge on any atom is -0.315 e. The summed E-state index contributed by atoms with van der Waals surface area (Å²) in [6.45, 7) is 6.90. The molecule has 0 saturated carbocycles. The average Bonchev–Trinajstić information content (AvgIpc) is 2.80. The number of hydrogen-bond acceptors (Lipinski definition) is 3. The van der Waals surface area contributed by atoms with E-state index in [-0.39, 0.29) is 0 Å². The van der Waals surface area contributed by atoms with Gasteiger partial charge in [0, 0.05) is 36.4 Å². The molecule has 0 radical (unpaired) electrons. The van der Waals surface area contributed by atoms with Gasteiger partial charge in [0.15, 0.2) is 5.65 Å². The maximum absolute atomic E-state index is 6.45. The molecule has 1 aliphatic heterocycles. The predicted molar refractivity (Wildman–Crippen MR) is 113 cm³/mol. The maximum Gasteiger partial charge on any atom is 0.156 e. The second-order valence-corrected chi connectivity index (χ2v) is 8.20. The molecule has 1 saturated heterocycles. The van der Waals surface area contributed by atoms with E-state index in [0.29, 0.717) is 10.0 Å². The first-order chi connectivity index (χ1) is 13.0. The molecule has 0 amide bonds. The van der Waals surface area contributed by atoms with Gasteiger partial charge in [-0.3, -0.25) is 9.30 Å². The van der Waals surface area contributed by atoms with Crippen LogP contribution in [-0.4, -0.2) is 40.5 Å². The number of imidazole rings is 1. The van der Waals surface area contributed by atoms with Crippen LogP contribution in [0.5, 0.6) is 0 Å². The highest BCUT2D eigenvalue weighted by Gasteiger charge is 2.20. The third-order valence-corrected chi connectivity index (χ3v) is 5.89. The number of hydrogen-bond donors (Lipinski definition) is 1. The minimum absolute atomic E-state index is 0.554. The monoisotopic (exact) mass is 422 g/mol. The van der Waals surface area contributed by atoms with Crippen LogP contribution in [0.25, 0.3) is 16.9 Å². The molecular formula is C20H21Cl3N4. The van der Waals surface area contributed by atoms with E-state index in [1.165, 1.54) is 0 Å². The molecular weight excluding hydrogens is 403 g/mol. The van der Waals surface area contributed by atoms with Crippen molar-refractivity contribution in [3.8, 4) is 11.3 Å². The highest BCUT2D eigenvalue weighted by atomic mass is 35.5. The molecule has 1 aliphatic rings. The number of aryl methyl sites for hydroxylation is 1. The second-order valence-electron chi connectivity index (χ2n) is 6.95. The van der Waals surface area contributed by atoms with Gasteiger partial charge in [-0.05, 0) is 50.2 Å². The third-order valence-electron chi connectivity index (χ3n) is 4.98. The van der Waals surface area contributed by atoms with Gasteiger partial charge in [0.1, 0.15) is 0 Å². The number of benzene rings is 1. The molecule has 0 unspecified atom stereocenters. The van der Waals surface area contributed by atoms with Crippen molar-refractivity contribution in [1.82, 2.24) is 19.6 Å². The summed E-state index contributed by atoms with van der Waals surface area (Å²) >= 11 is 19.0. The van der Waals surface area contributed by atoms with E-state index in [1.54, 1.807) is 6.07 Å². The van der Waals surface area contributed by atoms with Gasteiger partial charge in [-0.2, -0.15) is 0 Å². The van der Waals surface area contributed by atoms with E-state index >= 15 is 0 Å². The number of halogens is 3. The number of aromatic nitrogens is 2. The summed E-state index contributed by atoms with van der Waals surface area (Å²) in [5.41, 5.74) is 4.82. The Balaban J connectivity index is 1.85. The van der Waals surface area contributed by atoms with Crippen LogP contribution < -0.4 is 5.32 Å². The van der Waals surface area contributed by atoms with Crippen LogP contribution in [0.1, 0.15) is 17.7 Å². The number of nitrogens with one attached hydrogen (secondary N) is 1. The molecule has 7 heteroatoms. The van der Waals surface area contributed by atoms with Crippen molar-refractivity contribution in [3.05, 3.63) is 56.8 Å². The van der Waals surface area contributed by atoms with Crippen LogP contribution in [0.15, 0.2) is 30.5 Å². The van der Waals surface area contributed by atoms with E-state index in [2.05, 4.69) is 16.3 Å². The fourth-order valence-corrected chi connectivity index (χ4v) is 4.20. The lowest BCUT2D eigenvalue weighted by Gasteiger charge is -2.20. The normalized spacial score (nSPS) is 16.0. The highest BCUT2D eigenvalue weighted by molar-refractivity contribution is 6.36. The van der Waals surface area contributed by atoms with Crippen molar-refractivity contribution in [2.45, 2.75) is 19.9 Å². The summed E-state index contributed by atoms with van der Waals surface area (Å²) < 4.78 is 2.03. The van der Waals surface area contributed by atoms with Crippen molar-refractivity contribution in [1.29, 1.82) is 0 Å². The zero-order valence-electron chi connectivity index (χ0n) is 15.1. The number of pyridine rings is 1. The van der Waals surface area contributed by atoms with E-state index < -0.39 is 0 Å². The largest absolute Gasteiger partial charge is 0.315 e. The smallest absolute Gasteiger partial charge is 0.156 e. The highest BCUT2D eigenvalue weighted by Crippen LogP contribution is 2.32. The van der Waals surface area contributed by atoms with E-state index in [9.17, 15) is 0 Å². The average molecular weight is 424 g/mol. The Hall–Kier alpha value is -1.30. The van der Waals surface area contributed by atoms with Crippen molar-refractivity contribution >= 4 is 40.4 Å². The molecule has 1 N–H and O–H groups in total. The van der Waals surface area contributed by atoms with Gasteiger partial charge in [0.25, 0.3) is 0 Å². The second kappa shape index (κ2) is 7.98. The lowest BCUT2D eigenvalue weighted by molar-refractivity contribution is 0.281. The Morgan fingerprint density at radius 3 is 2.74 bits per heavy atom. The van der Waals surface area contributed by atoms with E-state index in [1.807, 2.05) is 29.7 Å². The summed E-state index contributed by atoms with van der Waals surface area (Å²) in [5, 5.41) is 5.36. The summed E-state index contributed by atoms with van der Waals surface area (Å²) in [4.78, 5) is 7.32. The first-order valence-electron chi connectivity index (χ1n) is 9.08. The zero-order chi connectivity index (χ0) is 19.0. The minimum atomic E-state index is 0.554. The molecule has 1 fully saturated rings. The van der Waals surface area contributed by atoms with Crippen LogP contribution in [-0.2, 0) is 6.54 Å². The SMILES string of the molecule is Cc1cc(-c2nc3c(Cl)cc(Cl)cn3c2CN2CCCNCC2)ccc1Cl. The number of nitrogens with zero attached hydrogens (tertiary/aromatic N) is 3. The van der Waals surface area contributed by atoms with Crippen molar-refractivity contribution in [2.24, 2.45) is 0 Å². The summed E-state index contributed by atoms with van der Waals surface area (Å²) in [6, 6.07) is 7.75. The van der Waals surface area contributed by atoms with Gasteiger partial charge in [0.05, 0.1) is 21.4 Å². The number of rotatable bonds is 3. The Labute approximate surface area is 174 Å². The molecule has 4 nitrogen and oxygen atoms in total. The standard InChI is InChI=1S/C20H21Cl3N4/c1-13-9-14(3-4-16(13)22)19-18(12-26-7-2-5-24-6-8-26)27-11-15(21)10-17(23)20(27)25-19/h3-4,9-11,24H,2,5-8,12H2,1H3. The van der Waals surface area contributed by atoms with E-state index in [0.717, 1.165) is 72.3 Å². The molecule has 3 aromatic rings. The summed E-state index contributed by atoms with van der Waals surface area (Å²) in [7, 11) is 0. The molecule has 0 atom stereocenters. The fraction of sp³-hybridized carbons (Fsp3) is 0.350. The molecule has 2 aromatic heterocycles. The van der Waals surface area contributed by atoms with Crippen LogP contribution in [0.3, 0.4) is 0 Å². The molecule has 4 rings (SSSR count). The molecule has 0 spiro atoms. The summed E-state index contributed by atoms with van der Waals surface area (Å²) in [5.74, 6) is 0. The third kappa shape index (κ3) is 3.96. The lowest BCUT2D eigenvalue weighted by Crippen LogP contribution is -2.28. The molecule has 0 bridgehead atoms. The van der Waals surface area contributed by atoms with Gasteiger partial charge >= 0.3 is 0 Å². The first kappa shape index (κ1) is 19.0. The van der Waals surface area contributed by atoms with E-state index in [4.69, 9.17) is 39.8 Å². The maximum atomic E-state index is 6.45. The Morgan fingerprint density at radius 1 is 1.07 bits per heavy atom. The fourth-order valence-electron chi connectivity index (χ4n) is 3.57. The van der Waals surface area contributed by atoms with Crippen LogP contribution in [0.2, 0.25) is 15.1 Å². The van der Waals surface area contributed by atoms with Crippen LogP contribution >= 0.6 is 34.8 Å². The Kier molecular flexibility index (Phi) is 5.62. The van der Waals surface area contributed by atoms with Gasteiger partial charge in [0.2, 0.25) is 0 Å². The van der Waals surface area contributed by atoms with Crippen LogP contribution in [0, 0.1) is 6.92 Å². The van der Waals surface area contributed by atoms with Gasteiger partial charge in [-0.25, -0.2) is 4.98 Å². The molecule has 142 valence electrons. The molecule has 3 heterocycles. The van der Waals surface area contributed by atoms with Crippen molar-refractivity contribution < 1.29 is 0 Å². The lowest BCUT2D eigenvalue weighted by atomic mass is 10.1. The number of fused-ring (bicyclic) bond motifs is 1. The Bertz CT molecular complexity index is 975. The van der Waals surface area contributed by atoms with Crippen molar-refractivity contribution in [3.63, 3.8) is 0 Å². The molecule has 1 aromatic carbocycles. The van der Waals surface area contributed by atoms with Gasteiger partial charge in [-0.15, -0.1) is 0 Å². The van der Waals surface area contributed by atoms with Crippen LogP contribution in [0.4, 0.5) is 0 Å². The molecule has 0 aliphatic carbocycles. The zero-order valence-corrected chi connectivity index (χ0v) is 17.4. The van der Waals surface area contributed by atoms with Gasteiger partial charge in [-0.1, -0.05) is 40.9 Å². The quantitative estimate of drug-likeness (QED) is 0.639. The van der Waals surface area contributed by atoms with Crippen molar-refractivity contribution in [2.75, 3.05) is 26.2 Å². The first-order valence-corrected chi connectivity index (χ1v) is 10.2. The van der Waals surface area contributed by atoms with Gasteiger partial charge < -0.3 is 5.32 Å².